The number of carbonyl (C=O) groups is 2. The molecular formula is C18H35N5O6. The SMILES string of the molecule is CC/C(N)=N/NN.CCOC(=O)CCOC(=O)C1NCC2CCCCC2C1(O)O. The van der Waals surface area contributed by atoms with Crippen LogP contribution in [0.1, 0.15) is 52.4 Å². The minimum atomic E-state index is -2.11. The number of carbonyl (C=O) groups excluding carboxylic acids is 2. The predicted molar refractivity (Wildman–Crippen MR) is 106 cm³/mol. The van der Waals surface area contributed by atoms with Gasteiger partial charge in [0.1, 0.15) is 12.4 Å². The molecule has 3 atom stereocenters. The second-order valence-electron chi connectivity index (χ2n) is 7.08. The molecule has 0 radical (unpaired) electrons. The Morgan fingerprint density at radius 3 is 2.52 bits per heavy atom. The fourth-order valence-corrected chi connectivity index (χ4v) is 3.62. The highest BCUT2D eigenvalue weighted by Crippen LogP contribution is 2.40. The number of hydrogen-bond donors (Lipinski definition) is 6. The number of nitrogens with one attached hydrogen (secondary N) is 2. The van der Waals surface area contributed by atoms with Gasteiger partial charge in [0.05, 0.1) is 13.0 Å². The van der Waals surface area contributed by atoms with Gasteiger partial charge in [0.15, 0.2) is 11.8 Å². The summed E-state index contributed by atoms with van der Waals surface area (Å²) < 4.78 is 9.73. The number of ether oxygens (including phenoxy) is 2. The molecule has 0 aromatic rings. The molecule has 1 heterocycles. The maximum atomic E-state index is 12.1. The van der Waals surface area contributed by atoms with Gasteiger partial charge in [-0.1, -0.05) is 19.8 Å². The second kappa shape index (κ2) is 12.6. The Kier molecular flexibility index (Phi) is 10.9. The van der Waals surface area contributed by atoms with Crippen LogP contribution in [-0.2, 0) is 19.1 Å². The van der Waals surface area contributed by atoms with E-state index in [0.717, 1.165) is 25.7 Å². The number of hydrazine groups is 1. The third-order valence-corrected chi connectivity index (χ3v) is 5.13. The molecule has 0 amide bonds. The number of hydrogen-bond acceptors (Lipinski definition) is 10. The summed E-state index contributed by atoms with van der Waals surface area (Å²) in [5.74, 6) is 1.87. The van der Waals surface area contributed by atoms with E-state index in [4.69, 9.17) is 21.1 Å². The van der Waals surface area contributed by atoms with Crippen LogP contribution in [-0.4, -0.2) is 59.6 Å². The van der Waals surface area contributed by atoms with Gasteiger partial charge in [-0.05, 0) is 32.2 Å². The summed E-state index contributed by atoms with van der Waals surface area (Å²) in [5.41, 5.74) is 7.27. The van der Waals surface area contributed by atoms with Crippen LogP contribution in [0.25, 0.3) is 0 Å². The maximum Gasteiger partial charge on any atom is 0.328 e. The quantitative estimate of drug-likeness (QED) is 0.0756. The number of esters is 2. The van der Waals surface area contributed by atoms with Crippen LogP contribution in [0, 0.1) is 11.8 Å². The molecule has 11 nitrogen and oxygen atoms in total. The molecular weight excluding hydrogens is 382 g/mol. The van der Waals surface area contributed by atoms with E-state index in [1.54, 1.807) is 6.92 Å². The van der Waals surface area contributed by atoms with E-state index in [0.29, 0.717) is 18.8 Å². The molecule has 2 aliphatic rings. The van der Waals surface area contributed by atoms with Gasteiger partial charge in [0.25, 0.3) is 0 Å². The lowest BCUT2D eigenvalue weighted by molar-refractivity contribution is -0.253. The average Bonchev–Trinajstić information content (AvgIpc) is 2.68. The largest absolute Gasteiger partial charge is 0.466 e. The first-order valence-electron chi connectivity index (χ1n) is 10.1. The monoisotopic (exact) mass is 417 g/mol. The van der Waals surface area contributed by atoms with Crippen LogP contribution in [0.5, 0.6) is 0 Å². The van der Waals surface area contributed by atoms with E-state index in [-0.39, 0.29) is 31.5 Å². The summed E-state index contributed by atoms with van der Waals surface area (Å²) in [7, 11) is 0. The zero-order valence-corrected chi connectivity index (χ0v) is 17.2. The Morgan fingerprint density at radius 1 is 1.24 bits per heavy atom. The number of nitrogens with two attached hydrogens (primary N) is 2. The smallest absolute Gasteiger partial charge is 0.328 e. The van der Waals surface area contributed by atoms with E-state index in [1.165, 1.54) is 0 Å². The molecule has 11 heteroatoms. The Labute approximate surface area is 171 Å². The van der Waals surface area contributed by atoms with Crippen LogP contribution in [0.15, 0.2) is 5.10 Å². The molecule has 0 aromatic heterocycles. The standard InChI is InChI=1S/C15H25NO6.C3H10N4/c1-2-21-12(17)7-8-22-14(18)13-15(19,20)11-6-4-3-5-10(11)9-16-13;1-2-3(4)6-7-5/h10-11,13,16,19-20H,2-9H2,1H3;7H,2,5H2,1H3,(H2,4,6). The number of nitrogens with zero attached hydrogens (tertiary/aromatic N) is 1. The van der Waals surface area contributed by atoms with Gasteiger partial charge in [-0.25, -0.2) is 11.4 Å². The molecule has 2 rings (SSSR count). The lowest BCUT2D eigenvalue weighted by Crippen LogP contribution is -2.67. The Morgan fingerprint density at radius 2 is 1.93 bits per heavy atom. The number of fused-ring (bicyclic) bond motifs is 1. The summed E-state index contributed by atoms with van der Waals surface area (Å²) in [4.78, 5) is 23.3. The van der Waals surface area contributed by atoms with Crippen LogP contribution in [0.4, 0.5) is 0 Å². The molecule has 1 saturated carbocycles. The lowest BCUT2D eigenvalue weighted by Gasteiger charge is -2.47. The fraction of sp³-hybridized carbons (Fsp3) is 0.833. The Bertz CT molecular complexity index is 557. The van der Waals surface area contributed by atoms with Crippen molar-refractivity contribution in [2.24, 2.45) is 28.5 Å². The zero-order chi connectivity index (χ0) is 21.9. The molecule has 168 valence electrons. The summed E-state index contributed by atoms with van der Waals surface area (Å²) in [6.45, 7) is 4.32. The van der Waals surface area contributed by atoms with Crippen molar-refractivity contribution in [3.8, 4) is 0 Å². The second-order valence-corrected chi connectivity index (χ2v) is 7.08. The van der Waals surface area contributed by atoms with Crippen molar-refractivity contribution in [2.45, 2.75) is 64.2 Å². The summed E-state index contributed by atoms with van der Waals surface area (Å²) in [6.07, 6.45) is 4.34. The van der Waals surface area contributed by atoms with E-state index in [2.05, 4.69) is 16.0 Å². The van der Waals surface area contributed by atoms with E-state index in [1.807, 2.05) is 6.92 Å². The summed E-state index contributed by atoms with van der Waals surface area (Å²) in [5, 5.41) is 27.1. The molecule has 8 N–H and O–H groups in total. The van der Waals surface area contributed by atoms with Crippen LogP contribution in [0.3, 0.4) is 0 Å². The van der Waals surface area contributed by atoms with Gasteiger partial charge < -0.3 is 25.4 Å². The molecule has 1 saturated heterocycles. The number of piperidine rings is 1. The maximum absolute atomic E-state index is 12.1. The lowest BCUT2D eigenvalue weighted by atomic mass is 9.70. The van der Waals surface area contributed by atoms with Crippen molar-refractivity contribution in [2.75, 3.05) is 19.8 Å². The molecule has 0 aromatic carbocycles. The topological polar surface area (TPSA) is 182 Å². The third kappa shape index (κ3) is 7.77. The third-order valence-electron chi connectivity index (χ3n) is 5.13. The molecule has 3 unspecified atom stereocenters. The van der Waals surface area contributed by atoms with Gasteiger partial charge in [-0.15, -0.1) is 0 Å². The van der Waals surface area contributed by atoms with Gasteiger partial charge in [-0.2, -0.15) is 5.10 Å². The van der Waals surface area contributed by atoms with Crippen LogP contribution in [0.2, 0.25) is 0 Å². The first-order valence-corrected chi connectivity index (χ1v) is 10.1. The van der Waals surface area contributed by atoms with Crippen molar-refractivity contribution < 1.29 is 29.3 Å². The van der Waals surface area contributed by atoms with Crippen LogP contribution >= 0.6 is 0 Å². The zero-order valence-electron chi connectivity index (χ0n) is 17.2. The highest BCUT2D eigenvalue weighted by molar-refractivity contribution is 5.79. The van der Waals surface area contributed by atoms with Crippen molar-refractivity contribution in [3.05, 3.63) is 0 Å². The van der Waals surface area contributed by atoms with E-state index < -0.39 is 23.8 Å². The highest BCUT2D eigenvalue weighted by Gasteiger charge is 2.53. The first-order chi connectivity index (χ1) is 13.8. The first kappa shape index (κ1) is 25.1. The van der Waals surface area contributed by atoms with E-state index >= 15 is 0 Å². The predicted octanol–water partition coefficient (Wildman–Crippen LogP) is -0.926. The van der Waals surface area contributed by atoms with Gasteiger partial charge in [-0.3, -0.25) is 14.9 Å². The summed E-state index contributed by atoms with van der Waals surface area (Å²) in [6, 6.07) is -1.17. The van der Waals surface area contributed by atoms with Crippen molar-refractivity contribution >= 4 is 17.8 Å². The number of amidine groups is 1. The van der Waals surface area contributed by atoms with Gasteiger partial charge in [0.2, 0.25) is 0 Å². The minimum Gasteiger partial charge on any atom is -0.466 e. The van der Waals surface area contributed by atoms with Gasteiger partial charge >= 0.3 is 11.9 Å². The fourth-order valence-electron chi connectivity index (χ4n) is 3.62. The van der Waals surface area contributed by atoms with Crippen molar-refractivity contribution in [1.29, 1.82) is 0 Å². The van der Waals surface area contributed by atoms with Gasteiger partial charge in [0, 0.05) is 12.3 Å². The van der Waals surface area contributed by atoms with Crippen molar-refractivity contribution in [3.63, 3.8) is 0 Å². The average molecular weight is 418 g/mol. The Hall–Kier alpha value is -1.95. The minimum absolute atomic E-state index is 0.0395. The number of aliphatic hydroxyl groups is 2. The molecule has 0 spiro atoms. The molecule has 0 bridgehead atoms. The molecule has 2 fully saturated rings. The Balaban J connectivity index is 0.000000516. The van der Waals surface area contributed by atoms with E-state index in [9.17, 15) is 19.8 Å². The normalized spacial score (nSPS) is 25.7. The number of hydrazone groups is 1. The summed E-state index contributed by atoms with van der Waals surface area (Å²) >= 11 is 0. The molecule has 29 heavy (non-hydrogen) atoms. The van der Waals surface area contributed by atoms with Crippen LogP contribution < -0.4 is 22.4 Å². The highest BCUT2D eigenvalue weighted by atomic mass is 16.6. The van der Waals surface area contributed by atoms with Crippen molar-refractivity contribution in [1.82, 2.24) is 10.9 Å². The molecule has 1 aliphatic heterocycles. The number of rotatable bonds is 7. The molecule has 1 aliphatic carbocycles.